The van der Waals surface area contributed by atoms with E-state index in [-0.39, 0.29) is 12.3 Å². The molecule has 3 amide bonds. The van der Waals surface area contributed by atoms with Gasteiger partial charge in [0.15, 0.2) is 0 Å². The van der Waals surface area contributed by atoms with Crippen LogP contribution in [0, 0.1) is 0 Å². The monoisotopic (exact) mass is 405 g/mol. The summed E-state index contributed by atoms with van der Waals surface area (Å²) in [4.78, 5) is 26.2. The van der Waals surface area contributed by atoms with Crippen LogP contribution in [0.1, 0.15) is 30.1 Å². The maximum absolute atomic E-state index is 14.2. The van der Waals surface area contributed by atoms with Crippen LogP contribution in [0.25, 0.3) is 0 Å². The van der Waals surface area contributed by atoms with E-state index in [0.29, 0.717) is 11.1 Å². The quantitative estimate of drug-likeness (QED) is 0.537. The molecule has 5 rings (SSSR count). The Hall–Kier alpha value is -2.53. The molecule has 29 heavy (non-hydrogen) atoms. The number of rotatable bonds is 3. The van der Waals surface area contributed by atoms with Gasteiger partial charge in [-0.05, 0) is 24.6 Å². The molecule has 0 aromatic heterocycles. The van der Waals surface area contributed by atoms with Gasteiger partial charge in [0.2, 0.25) is 0 Å². The highest BCUT2D eigenvalue weighted by Crippen LogP contribution is 2.66. The molecule has 0 spiro atoms. The molecule has 4 aliphatic rings. The van der Waals surface area contributed by atoms with E-state index in [2.05, 4.69) is 10.6 Å². The normalized spacial score (nSPS) is 42.6. The number of ether oxygens (including phenoxy) is 2. The lowest BCUT2D eigenvalue weighted by Gasteiger charge is -2.34. The molecule has 1 unspecified atom stereocenters. The maximum atomic E-state index is 14.2. The highest BCUT2D eigenvalue weighted by atomic mass is 19.2. The number of epoxide rings is 1. The van der Waals surface area contributed by atoms with Gasteiger partial charge < -0.3 is 30.3 Å². The van der Waals surface area contributed by atoms with E-state index in [1.807, 2.05) is 0 Å². The minimum absolute atomic E-state index is 0.0761. The summed E-state index contributed by atoms with van der Waals surface area (Å²) in [5, 5.41) is 26.3. The van der Waals surface area contributed by atoms with Gasteiger partial charge in [0, 0.05) is 24.6 Å². The van der Waals surface area contributed by atoms with Gasteiger partial charge in [0.1, 0.15) is 24.1 Å². The number of carbonyl (C=O) groups is 2. The number of aliphatic hydroxyl groups is 2. The summed E-state index contributed by atoms with van der Waals surface area (Å²) in [5.74, 6) is -4.83. The molecular weight excluding hydrogens is 385 g/mol. The van der Waals surface area contributed by atoms with Gasteiger partial charge in [-0.2, -0.15) is 0 Å². The lowest BCUT2D eigenvalue weighted by atomic mass is 9.96. The van der Waals surface area contributed by atoms with E-state index in [9.17, 15) is 24.2 Å². The summed E-state index contributed by atoms with van der Waals surface area (Å²) in [6.07, 6.45) is -1.92. The molecule has 3 aliphatic heterocycles. The Morgan fingerprint density at radius 3 is 2.76 bits per heavy atom. The number of fused-ring (bicyclic) bond motifs is 3. The van der Waals surface area contributed by atoms with Crippen LogP contribution in [0.5, 0.6) is 0 Å². The number of hydrogen-bond acceptors (Lipinski definition) is 6. The second-order valence-corrected chi connectivity index (χ2v) is 7.98. The third-order valence-electron chi connectivity index (χ3n) is 5.93. The van der Waals surface area contributed by atoms with Crippen molar-refractivity contribution in [2.24, 2.45) is 0 Å². The topological polar surface area (TPSA) is 124 Å². The summed E-state index contributed by atoms with van der Waals surface area (Å²) in [5.41, 5.74) is -0.548. The maximum Gasteiger partial charge on any atom is 0.325 e. The van der Waals surface area contributed by atoms with Crippen LogP contribution in [0.3, 0.4) is 0 Å². The largest absolute Gasteiger partial charge is 0.387 e. The van der Waals surface area contributed by atoms with Crippen molar-refractivity contribution in [2.75, 3.05) is 0 Å². The Kier molecular flexibility index (Phi) is 3.67. The Bertz CT molecular complexity index is 928. The minimum Gasteiger partial charge on any atom is -0.387 e. The number of carbonyl (C=O) groups excluding carboxylic acids is 2. The number of urea groups is 1. The molecule has 2 saturated heterocycles. The second kappa shape index (κ2) is 5.76. The molecule has 10 heteroatoms. The average molecular weight is 405 g/mol. The average Bonchev–Trinajstić information content (AvgIpc) is 2.95. The zero-order valence-corrected chi connectivity index (χ0v) is 15.5. The zero-order chi connectivity index (χ0) is 20.6. The fraction of sp³-hybridized carbons (Fsp3) is 0.474. The number of benzene rings is 1. The Morgan fingerprint density at radius 1 is 1.34 bits per heavy atom. The Morgan fingerprint density at radius 2 is 2.07 bits per heavy atom. The van der Waals surface area contributed by atoms with Crippen molar-refractivity contribution >= 4 is 11.9 Å². The summed E-state index contributed by atoms with van der Waals surface area (Å²) < 4.78 is 24.5. The Balaban J connectivity index is 1.30. The number of nitrogens with zero attached hydrogens (tertiary/aromatic N) is 1. The molecule has 1 saturated carbocycles. The van der Waals surface area contributed by atoms with Gasteiger partial charge in [-0.1, -0.05) is 18.2 Å². The number of amides is 3. The van der Waals surface area contributed by atoms with E-state index < -0.39 is 48.2 Å². The van der Waals surface area contributed by atoms with E-state index >= 15 is 0 Å². The molecule has 154 valence electrons. The predicted octanol–water partition coefficient (Wildman–Crippen LogP) is 0.306. The minimum atomic E-state index is -2.31. The molecule has 0 radical (unpaired) electrons. The van der Waals surface area contributed by atoms with E-state index in [1.165, 1.54) is 11.1 Å². The number of hydrogen-bond donors (Lipinski definition) is 4. The first-order valence-corrected chi connectivity index (χ1v) is 9.28. The number of nitrogens with one attached hydrogen (secondary N) is 2. The van der Waals surface area contributed by atoms with Gasteiger partial charge >= 0.3 is 6.03 Å². The van der Waals surface area contributed by atoms with Crippen LogP contribution in [-0.2, 0) is 9.47 Å². The first kappa shape index (κ1) is 18.5. The highest BCUT2D eigenvalue weighted by Gasteiger charge is 2.88. The van der Waals surface area contributed by atoms with Crippen molar-refractivity contribution in [3.05, 3.63) is 47.7 Å². The fourth-order valence-corrected chi connectivity index (χ4v) is 4.39. The molecule has 6 atom stereocenters. The molecule has 4 N–H and O–H groups in total. The third-order valence-corrected chi connectivity index (χ3v) is 5.93. The second-order valence-electron chi connectivity index (χ2n) is 7.98. The van der Waals surface area contributed by atoms with Crippen molar-refractivity contribution in [3.8, 4) is 0 Å². The number of alkyl halides is 1. The van der Waals surface area contributed by atoms with Crippen LogP contribution in [-0.4, -0.2) is 62.8 Å². The van der Waals surface area contributed by atoms with Crippen molar-refractivity contribution < 1.29 is 33.7 Å². The van der Waals surface area contributed by atoms with Crippen molar-refractivity contribution in [3.63, 3.8) is 0 Å². The third kappa shape index (κ3) is 2.60. The van der Waals surface area contributed by atoms with Crippen LogP contribution < -0.4 is 10.6 Å². The van der Waals surface area contributed by atoms with Crippen LogP contribution in [0.4, 0.5) is 9.18 Å². The zero-order valence-electron chi connectivity index (χ0n) is 15.5. The van der Waals surface area contributed by atoms with Gasteiger partial charge in [-0.3, -0.25) is 9.69 Å². The molecule has 0 bridgehead atoms. The first-order chi connectivity index (χ1) is 13.7. The molecule has 9 nitrogen and oxygen atoms in total. The van der Waals surface area contributed by atoms with Gasteiger partial charge in [0.25, 0.3) is 17.5 Å². The Labute approximate surface area is 165 Å². The lowest BCUT2D eigenvalue weighted by molar-refractivity contribution is -0.158. The predicted molar refractivity (Wildman–Crippen MR) is 94.5 cm³/mol. The standard InChI is InChI=1S/C19H20FN3O6/c1-10-8-23(12-7-17(26)9-18(20)19(27,29-18)15(17)28-12)16(25)22-13(10)21-14(24)11-5-3-2-4-6-11/h2-6,8,12-13,15,26-27H,7,9H2,1H3,(H,21,24)(H,22,25)/t12-,13?,15+,17-,18+,19-/m1/s1. The van der Waals surface area contributed by atoms with E-state index in [0.717, 1.165) is 0 Å². The summed E-state index contributed by atoms with van der Waals surface area (Å²) >= 11 is 0. The highest BCUT2D eigenvalue weighted by molar-refractivity contribution is 5.95. The van der Waals surface area contributed by atoms with Crippen molar-refractivity contribution in [2.45, 2.75) is 55.5 Å². The van der Waals surface area contributed by atoms with Gasteiger partial charge in [0.05, 0.1) is 0 Å². The first-order valence-electron chi connectivity index (χ1n) is 9.28. The molecule has 3 heterocycles. The smallest absolute Gasteiger partial charge is 0.325 e. The molecular formula is C19H20FN3O6. The molecule has 1 aromatic rings. The fourth-order valence-electron chi connectivity index (χ4n) is 4.39. The van der Waals surface area contributed by atoms with E-state index in [4.69, 9.17) is 9.47 Å². The summed E-state index contributed by atoms with van der Waals surface area (Å²) in [7, 11) is 0. The summed E-state index contributed by atoms with van der Waals surface area (Å²) in [6.45, 7) is 1.72. The van der Waals surface area contributed by atoms with Crippen LogP contribution in [0.2, 0.25) is 0 Å². The van der Waals surface area contributed by atoms with Crippen molar-refractivity contribution in [1.82, 2.24) is 15.5 Å². The lowest BCUT2D eigenvalue weighted by Crippen LogP contribution is -2.57. The molecule has 1 aromatic carbocycles. The summed E-state index contributed by atoms with van der Waals surface area (Å²) in [6, 6.07) is 8.03. The van der Waals surface area contributed by atoms with Gasteiger partial charge in [-0.15, -0.1) is 0 Å². The molecule has 1 aliphatic carbocycles. The van der Waals surface area contributed by atoms with Crippen LogP contribution >= 0.6 is 0 Å². The molecule has 3 fully saturated rings. The van der Waals surface area contributed by atoms with Gasteiger partial charge in [-0.25, -0.2) is 9.18 Å². The SMILES string of the molecule is CC1=CN([C@H]2C[C@@]3(O)C[C@]4(F)O[C@]4(O)[C@H]3O2)C(=O)NC1NC(=O)c1ccccc1. The van der Waals surface area contributed by atoms with E-state index in [1.54, 1.807) is 37.3 Å². The van der Waals surface area contributed by atoms with Crippen LogP contribution in [0.15, 0.2) is 42.1 Å². The van der Waals surface area contributed by atoms with Crippen molar-refractivity contribution in [1.29, 1.82) is 0 Å². The number of halogens is 1.